The fourth-order valence-corrected chi connectivity index (χ4v) is 2.76. The van der Waals surface area contributed by atoms with Crippen molar-refractivity contribution in [3.8, 4) is 0 Å². The highest BCUT2D eigenvalue weighted by atomic mass is 16.1. The maximum Gasteiger partial charge on any atom is 0.251 e. The first-order chi connectivity index (χ1) is 8.84. The van der Waals surface area contributed by atoms with Crippen molar-refractivity contribution in [3.63, 3.8) is 0 Å². The summed E-state index contributed by atoms with van der Waals surface area (Å²) in [6, 6.07) is 5.92. The van der Waals surface area contributed by atoms with Crippen LogP contribution < -0.4 is 16.0 Å². The third-order valence-electron chi connectivity index (χ3n) is 3.89. The highest BCUT2D eigenvalue weighted by Crippen LogP contribution is 2.25. The molecule has 1 amide bonds. The number of piperidine rings is 1. The van der Waals surface area contributed by atoms with Gasteiger partial charge in [-0.2, -0.15) is 0 Å². The van der Waals surface area contributed by atoms with Gasteiger partial charge in [-0.25, -0.2) is 0 Å². The van der Waals surface area contributed by atoms with E-state index in [1.54, 1.807) is 0 Å². The van der Waals surface area contributed by atoms with Gasteiger partial charge in [0.1, 0.15) is 0 Å². The topological polar surface area (TPSA) is 53.2 Å². The van der Waals surface area contributed by atoms with Gasteiger partial charge < -0.3 is 16.0 Å². The van der Waals surface area contributed by atoms with Crippen molar-refractivity contribution in [2.45, 2.75) is 19.4 Å². The van der Waals surface area contributed by atoms with E-state index in [2.05, 4.69) is 22.0 Å². The second kappa shape index (κ2) is 4.98. The maximum absolute atomic E-state index is 11.6. The van der Waals surface area contributed by atoms with Gasteiger partial charge in [0.2, 0.25) is 0 Å². The fourth-order valence-electron chi connectivity index (χ4n) is 2.76. The van der Waals surface area contributed by atoms with Crippen LogP contribution in [0.15, 0.2) is 18.2 Å². The van der Waals surface area contributed by atoms with Crippen molar-refractivity contribution in [1.82, 2.24) is 10.6 Å². The summed E-state index contributed by atoms with van der Waals surface area (Å²) in [6.07, 6.45) is 2.47. The van der Waals surface area contributed by atoms with E-state index in [0.717, 1.165) is 42.4 Å². The van der Waals surface area contributed by atoms with E-state index >= 15 is 0 Å². The Bertz CT molecular complexity index is 452. The first kappa shape index (κ1) is 11.5. The zero-order valence-corrected chi connectivity index (χ0v) is 10.5. The van der Waals surface area contributed by atoms with Crippen LogP contribution in [0.4, 0.5) is 5.69 Å². The molecule has 18 heavy (non-hydrogen) atoms. The summed E-state index contributed by atoms with van der Waals surface area (Å²) >= 11 is 0. The van der Waals surface area contributed by atoms with Crippen LogP contribution in [0, 0.1) is 5.92 Å². The van der Waals surface area contributed by atoms with E-state index in [-0.39, 0.29) is 5.91 Å². The lowest BCUT2D eigenvalue weighted by Crippen LogP contribution is -2.31. The molecule has 1 aromatic rings. The number of benzene rings is 1. The Balaban J connectivity index is 1.68. The van der Waals surface area contributed by atoms with Gasteiger partial charge in [-0.3, -0.25) is 4.79 Å². The fraction of sp³-hybridized carbons (Fsp3) is 0.500. The molecule has 4 heteroatoms. The summed E-state index contributed by atoms with van der Waals surface area (Å²) in [5, 5.41) is 9.77. The van der Waals surface area contributed by atoms with Gasteiger partial charge in [0.25, 0.3) is 5.91 Å². The van der Waals surface area contributed by atoms with E-state index < -0.39 is 0 Å². The molecule has 1 saturated heterocycles. The molecule has 2 heterocycles. The average Bonchev–Trinajstić information content (AvgIpc) is 2.80. The molecule has 96 valence electrons. The molecular formula is C14H19N3O. The molecule has 2 aliphatic heterocycles. The summed E-state index contributed by atoms with van der Waals surface area (Å²) in [6.45, 7) is 3.91. The lowest BCUT2D eigenvalue weighted by molar-refractivity contribution is 0.0966. The largest absolute Gasteiger partial charge is 0.384 e. The highest BCUT2D eigenvalue weighted by Gasteiger charge is 2.21. The Morgan fingerprint density at radius 3 is 2.94 bits per heavy atom. The Morgan fingerprint density at radius 1 is 1.28 bits per heavy atom. The van der Waals surface area contributed by atoms with E-state index in [9.17, 15) is 4.79 Å². The quantitative estimate of drug-likeness (QED) is 0.753. The number of anilines is 1. The van der Waals surface area contributed by atoms with Gasteiger partial charge in [0.15, 0.2) is 0 Å². The SMILES string of the molecule is O=C1NCc2c(NCC3CCNCC3)cccc21. The number of carbonyl (C=O) groups is 1. The molecule has 4 nitrogen and oxygen atoms in total. The number of nitrogens with one attached hydrogen (secondary N) is 3. The summed E-state index contributed by atoms with van der Waals surface area (Å²) in [7, 11) is 0. The molecule has 0 aromatic heterocycles. The lowest BCUT2D eigenvalue weighted by atomic mass is 9.98. The Labute approximate surface area is 107 Å². The number of carbonyl (C=O) groups excluding carboxylic acids is 1. The smallest absolute Gasteiger partial charge is 0.251 e. The lowest BCUT2D eigenvalue weighted by Gasteiger charge is -2.23. The van der Waals surface area contributed by atoms with Crippen LogP contribution in [-0.2, 0) is 6.54 Å². The number of fused-ring (bicyclic) bond motifs is 1. The average molecular weight is 245 g/mol. The molecule has 0 unspecified atom stereocenters. The molecule has 0 bridgehead atoms. The van der Waals surface area contributed by atoms with Crippen molar-refractivity contribution in [2.24, 2.45) is 5.92 Å². The van der Waals surface area contributed by atoms with Crippen LogP contribution in [0.25, 0.3) is 0 Å². The third-order valence-corrected chi connectivity index (χ3v) is 3.89. The van der Waals surface area contributed by atoms with Crippen LogP contribution in [0.2, 0.25) is 0 Å². The minimum atomic E-state index is 0.0514. The second-order valence-electron chi connectivity index (χ2n) is 5.09. The zero-order chi connectivity index (χ0) is 12.4. The number of hydrogen-bond acceptors (Lipinski definition) is 3. The van der Waals surface area contributed by atoms with Gasteiger partial charge >= 0.3 is 0 Å². The van der Waals surface area contributed by atoms with Crippen LogP contribution in [0.3, 0.4) is 0 Å². The molecule has 0 spiro atoms. The maximum atomic E-state index is 11.6. The highest BCUT2D eigenvalue weighted by molar-refractivity contribution is 5.99. The van der Waals surface area contributed by atoms with E-state index in [0.29, 0.717) is 6.54 Å². The summed E-state index contributed by atoms with van der Waals surface area (Å²) in [5.74, 6) is 0.794. The number of hydrogen-bond donors (Lipinski definition) is 3. The molecule has 0 aliphatic carbocycles. The number of amides is 1. The van der Waals surface area contributed by atoms with Gasteiger partial charge in [-0.05, 0) is 44.0 Å². The molecule has 1 aromatic carbocycles. The van der Waals surface area contributed by atoms with Gasteiger partial charge in [0.05, 0.1) is 0 Å². The Kier molecular flexibility index (Phi) is 3.19. The normalized spacial score (nSPS) is 19.4. The van der Waals surface area contributed by atoms with E-state index in [4.69, 9.17) is 0 Å². The van der Waals surface area contributed by atoms with Crippen LogP contribution in [-0.4, -0.2) is 25.5 Å². The van der Waals surface area contributed by atoms with Crippen LogP contribution in [0.5, 0.6) is 0 Å². The monoisotopic (exact) mass is 245 g/mol. The summed E-state index contributed by atoms with van der Waals surface area (Å²) in [5.41, 5.74) is 3.06. The Morgan fingerprint density at radius 2 is 2.11 bits per heavy atom. The predicted octanol–water partition coefficient (Wildman–Crippen LogP) is 1.34. The minimum absolute atomic E-state index is 0.0514. The molecule has 0 saturated carbocycles. The third kappa shape index (κ3) is 2.20. The summed E-state index contributed by atoms with van der Waals surface area (Å²) < 4.78 is 0. The van der Waals surface area contributed by atoms with Crippen molar-refractivity contribution in [2.75, 3.05) is 25.0 Å². The molecule has 1 fully saturated rings. The standard InChI is InChI=1S/C14H19N3O/c18-14-11-2-1-3-13(12(11)9-17-14)16-8-10-4-6-15-7-5-10/h1-3,10,15-16H,4-9H2,(H,17,18). The molecule has 0 atom stereocenters. The minimum Gasteiger partial charge on any atom is -0.384 e. The van der Waals surface area contributed by atoms with Crippen LogP contribution >= 0.6 is 0 Å². The summed E-state index contributed by atoms with van der Waals surface area (Å²) in [4.78, 5) is 11.6. The number of rotatable bonds is 3. The first-order valence-electron chi connectivity index (χ1n) is 6.69. The molecular weight excluding hydrogens is 226 g/mol. The Hall–Kier alpha value is -1.55. The van der Waals surface area contributed by atoms with Gasteiger partial charge in [0, 0.05) is 29.9 Å². The van der Waals surface area contributed by atoms with Crippen molar-refractivity contribution in [1.29, 1.82) is 0 Å². The molecule has 3 rings (SSSR count). The van der Waals surface area contributed by atoms with Gasteiger partial charge in [-0.1, -0.05) is 6.07 Å². The van der Waals surface area contributed by atoms with Crippen molar-refractivity contribution in [3.05, 3.63) is 29.3 Å². The zero-order valence-electron chi connectivity index (χ0n) is 10.5. The predicted molar refractivity (Wildman–Crippen MR) is 71.7 cm³/mol. The molecule has 3 N–H and O–H groups in total. The van der Waals surface area contributed by atoms with E-state index in [1.807, 2.05) is 12.1 Å². The van der Waals surface area contributed by atoms with E-state index in [1.165, 1.54) is 12.8 Å². The van der Waals surface area contributed by atoms with Crippen molar-refractivity contribution < 1.29 is 4.79 Å². The second-order valence-corrected chi connectivity index (χ2v) is 5.09. The van der Waals surface area contributed by atoms with Crippen LogP contribution in [0.1, 0.15) is 28.8 Å². The van der Waals surface area contributed by atoms with Crippen molar-refractivity contribution >= 4 is 11.6 Å². The first-order valence-corrected chi connectivity index (χ1v) is 6.69. The van der Waals surface area contributed by atoms with Gasteiger partial charge in [-0.15, -0.1) is 0 Å². The molecule has 2 aliphatic rings. The molecule has 0 radical (unpaired) electrons.